The maximum atomic E-state index is 12.2. The van der Waals surface area contributed by atoms with E-state index in [1.165, 1.54) is 6.92 Å². The molecule has 0 heterocycles. The van der Waals surface area contributed by atoms with Gasteiger partial charge in [0.2, 0.25) is 0 Å². The van der Waals surface area contributed by atoms with Gasteiger partial charge in [0.05, 0.1) is 16.1 Å². The van der Waals surface area contributed by atoms with Crippen molar-refractivity contribution >= 4 is 11.5 Å². The molecule has 0 amide bonds. The molecule has 0 spiro atoms. The van der Waals surface area contributed by atoms with Crippen molar-refractivity contribution in [1.29, 1.82) is 0 Å². The van der Waals surface area contributed by atoms with Gasteiger partial charge in [0, 0.05) is 0 Å². The first-order valence-corrected chi connectivity index (χ1v) is 5.14. The Hall–Kier alpha value is -2.05. The van der Waals surface area contributed by atoms with E-state index in [0.717, 1.165) is 12.1 Å². The molecule has 1 aromatic rings. The van der Waals surface area contributed by atoms with Crippen LogP contribution >= 0.6 is 0 Å². The molecule has 0 N–H and O–H groups in total. The van der Waals surface area contributed by atoms with E-state index in [1.54, 1.807) is 6.92 Å². The number of nitro groups is 1. The molecule has 0 unspecified atom stereocenters. The van der Waals surface area contributed by atoms with Crippen LogP contribution in [0.5, 0.6) is 5.75 Å². The van der Waals surface area contributed by atoms with Crippen LogP contribution in [-0.4, -0.2) is 17.3 Å². The number of halogens is 2. The molecule has 0 aliphatic carbocycles. The highest BCUT2D eigenvalue weighted by Crippen LogP contribution is 2.33. The second-order valence-electron chi connectivity index (χ2n) is 3.48. The number of carbonyl (C=O) groups excluding carboxylic acids is 1. The number of ketones is 1. The van der Waals surface area contributed by atoms with Crippen molar-refractivity contribution in [1.82, 2.24) is 0 Å². The number of hydrogen-bond acceptors (Lipinski definition) is 4. The Morgan fingerprint density at radius 1 is 1.50 bits per heavy atom. The lowest BCUT2D eigenvalue weighted by molar-refractivity contribution is -0.385. The van der Waals surface area contributed by atoms with Gasteiger partial charge in [-0.15, -0.1) is 0 Å². The minimum absolute atomic E-state index is 0.00648. The number of alkyl halides is 2. The number of hydrogen-bond donors (Lipinski definition) is 0. The van der Waals surface area contributed by atoms with Crippen molar-refractivity contribution in [2.75, 3.05) is 0 Å². The van der Waals surface area contributed by atoms with E-state index >= 15 is 0 Å². The minimum atomic E-state index is -3.07. The maximum Gasteiger partial charge on any atom is 0.387 e. The third-order valence-corrected chi connectivity index (χ3v) is 2.37. The fraction of sp³-hybridized carbons (Fsp3) is 0.364. The van der Waals surface area contributed by atoms with Crippen molar-refractivity contribution < 1.29 is 23.2 Å². The van der Waals surface area contributed by atoms with Crippen molar-refractivity contribution in [3.8, 4) is 5.75 Å². The molecule has 0 saturated heterocycles. The van der Waals surface area contributed by atoms with E-state index in [4.69, 9.17) is 0 Å². The molecule has 0 bridgehead atoms. The predicted molar refractivity (Wildman–Crippen MR) is 59.1 cm³/mol. The smallest absolute Gasteiger partial charge is 0.387 e. The fourth-order valence-corrected chi connectivity index (χ4v) is 1.66. The van der Waals surface area contributed by atoms with E-state index in [0.29, 0.717) is 0 Å². The zero-order valence-electron chi connectivity index (χ0n) is 9.78. The molecular weight excluding hydrogens is 248 g/mol. The van der Waals surface area contributed by atoms with E-state index in [-0.39, 0.29) is 23.3 Å². The quantitative estimate of drug-likeness (QED) is 0.463. The van der Waals surface area contributed by atoms with Gasteiger partial charge in [0.15, 0.2) is 5.78 Å². The number of benzene rings is 1. The summed E-state index contributed by atoms with van der Waals surface area (Å²) in [7, 11) is 0. The molecule has 5 nitrogen and oxygen atoms in total. The molecule has 0 atom stereocenters. The molecule has 0 fully saturated rings. The highest BCUT2D eigenvalue weighted by molar-refractivity contribution is 5.99. The predicted octanol–water partition coefficient (Wildman–Crippen LogP) is 2.96. The van der Waals surface area contributed by atoms with E-state index < -0.39 is 23.0 Å². The summed E-state index contributed by atoms with van der Waals surface area (Å²) in [5, 5.41) is 11.0. The Morgan fingerprint density at radius 3 is 2.50 bits per heavy atom. The molecule has 0 aliphatic heterocycles. The molecule has 98 valence electrons. The van der Waals surface area contributed by atoms with Gasteiger partial charge in [-0.1, -0.05) is 6.92 Å². The number of rotatable bonds is 5. The Balaban J connectivity index is 3.47. The van der Waals surface area contributed by atoms with E-state index in [1.807, 2.05) is 0 Å². The van der Waals surface area contributed by atoms with Crippen LogP contribution in [0.2, 0.25) is 0 Å². The lowest BCUT2D eigenvalue weighted by Gasteiger charge is -2.11. The van der Waals surface area contributed by atoms with Gasteiger partial charge in [-0.05, 0) is 25.5 Å². The molecule has 0 aromatic heterocycles. The Bertz CT molecular complexity index is 488. The van der Waals surface area contributed by atoms with Crippen LogP contribution in [0, 0.1) is 10.1 Å². The zero-order chi connectivity index (χ0) is 13.9. The molecule has 0 saturated carbocycles. The van der Waals surface area contributed by atoms with Crippen LogP contribution in [0.3, 0.4) is 0 Å². The van der Waals surface area contributed by atoms with Gasteiger partial charge in [-0.25, -0.2) is 0 Å². The monoisotopic (exact) mass is 259 g/mol. The van der Waals surface area contributed by atoms with Crippen LogP contribution in [-0.2, 0) is 6.42 Å². The summed E-state index contributed by atoms with van der Waals surface area (Å²) >= 11 is 0. The highest BCUT2D eigenvalue weighted by Gasteiger charge is 2.26. The zero-order valence-corrected chi connectivity index (χ0v) is 9.78. The number of ether oxygens (including phenoxy) is 1. The van der Waals surface area contributed by atoms with Crippen molar-refractivity contribution in [2.45, 2.75) is 26.9 Å². The summed E-state index contributed by atoms with van der Waals surface area (Å²) < 4.78 is 28.6. The minimum Gasteiger partial charge on any atom is -0.434 e. The van der Waals surface area contributed by atoms with Crippen LogP contribution in [0.25, 0.3) is 0 Å². The average molecular weight is 259 g/mol. The van der Waals surface area contributed by atoms with Gasteiger partial charge < -0.3 is 4.74 Å². The third-order valence-electron chi connectivity index (χ3n) is 2.37. The molecule has 1 rings (SSSR count). The number of Topliss-reactive ketones (excluding diaryl/α,β-unsaturated/α-hetero) is 1. The van der Waals surface area contributed by atoms with Gasteiger partial charge in [0.25, 0.3) is 5.69 Å². The number of nitro benzene ring substituents is 1. The summed E-state index contributed by atoms with van der Waals surface area (Å²) in [6, 6.07) is 2.27. The van der Waals surface area contributed by atoms with Crippen LogP contribution < -0.4 is 4.74 Å². The summed E-state index contributed by atoms with van der Waals surface area (Å²) in [6.07, 6.45) is 0.111. The summed E-state index contributed by atoms with van der Waals surface area (Å²) in [5.74, 6) is -0.774. The van der Waals surface area contributed by atoms with Crippen molar-refractivity contribution in [3.63, 3.8) is 0 Å². The SMILES string of the molecule is CCc1c(OC(F)F)ccc(C(C)=O)c1[N+](=O)[O-]. The van der Waals surface area contributed by atoms with E-state index in [2.05, 4.69) is 4.74 Å². The molecule has 18 heavy (non-hydrogen) atoms. The molecular formula is C11H11F2NO4. The molecule has 7 heteroatoms. The Kier molecular flexibility index (Phi) is 4.30. The first-order chi connectivity index (χ1) is 8.38. The topological polar surface area (TPSA) is 69.4 Å². The average Bonchev–Trinajstić information content (AvgIpc) is 2.26. The summed E-state index contributed by atoms with van der Waals surface area (Å²) in [6.45, 7) is -0.335. The Labute approximate surface area is 102 Å². The molecule has 0 radical (unpaired) electrons. The van der Waals surface area contributed by atoms with Gasteiger partial charge in [-0.3, -0.25) is 14.9 Å². The first-order valence-electron chi connectivity index (χ1n) is 5.14. The summed E-state index contributed by atoms with van der Waals surface area (Å²) in [4.78, 5) is 21.5. The highest BCUT2D eigenvalue weighted by atomic mass is 19.3. The fourth-order valence-electron chi connectivity index (χ4n) is 1.66. The maximum absolute atomic E-state index is 12.2. The van der Waals surface area contributed by atoms with Gasteiger partial charge in [0.1, 0.15) is 5.75 Å². The molecule has 0 aliphatic rings. The lowest BCUT2D eigenvalue weighted by Crippen LogP contribution is -2.09. The van der Waals surface area contributed by atoms with Crippen LogP contribution in [0.15, 0.2) is 12.1 Å². The van der Waals surface area contributed by atoms with Gasteiger partial charge in [-0.2, -0.15) is 8.78 Å². The summed E-state index contributed by atoms with van der Waals surface area (Å²) in [5.41, 5.74) is -0.588. The first kappa shape index (κ1) is 14.0. The lowest BCUT2D eigenvalue weighted by atomic mass is 10.0. The Morgan fingerprint density at radius 2 is 2.11 bits per heavy atom. The van der Waals surface area contributed by atoms with E-state index in [9.17, 15) is 23.7 Å². The number of nitrogens with zero attached hydrogens (tertiary/aromatic N) is 1. The van der Waals surface area contributed by atoms with Crippen LogP contribution in [0.4, 0.5) is 14.5 Å². The second kappa shape index (κ2) is 5.52. The van der Waals surface area contributed by atoms with Crippen molar-refractivity contribution in [2.24, 2.45) is 0 Å². The number of carbonyl (C=O) groups is 1. The largest absolute Gasteiger partial charge is 0.434 e. The van der Waals surface area contributed by atoms with Crippen LogP contribution in [0.1, 0.15) is 29.8 Å². The normalized spacial score (nSPS) is 10.5. The second-order valence-corrected chi connectivity index (χ2v) is 3.48. The van der Waals surface area contributed by atoms with Gasteiger partial charge >= 0.3 is 6.61 Å². The van der Waals surface area contributed by atoms with Crippen molar-refractivity contribution in [3.05, 3.63) is 33.4 Å². The third kappa shape index (κ3) is 2.79. The standard InChI is InChI=1S/C11H11F2NO4/c1-3-7-9(18-11(12)13)5-4-8(6(2)15)10(7)14(16)17/h4-5,11H,3H2,1-2H3. The molecule has 1 aromatic carbocycles.